The molecule has 0 aromatic heterocycles. The number of fused-ring (bicyclic) bond motifs is 1. The third-order valence-corrected chi connectivity index (χ3v) is 4.84. The van der Waals surface area contributed by atoms with Gasteiger partial charge in [0.1, 0.15) is 11.5 Å². The number of carbonyl (C=O) groups is 2. The molecule has 2 N–H and O–H groups in total. The third-order valence-electron chi connectivity index (χ3n) is 4.84. The third kappa shape index (κ3) is 3.53. The maximum atomic E-state index is 12.8. The zero-order valence-electron chi connectivity index (χ0n) is 15.1. The number of ether oxygens (including phenoxy) is 2. The number of amides is 2. The van der Waals surface area contributed by atoms with Gasteiger partial charge in [-0.15, -0.1) is 0 Å². The Morgan fingerprint density at radius 2 is 1.36 bits per heavy atom. The molecule has 1 fully saturated rings. The first kappa shape index (κ1) is 18.0. The van der Waals surface area contributed by atoms with Crippen LogP contribution in [0.15, 0.2) is 36.4 Å². The van der Waals surface area contributed by atoms with Crippen molar-refractivity contribution in [2.24, 2.45) is 0 Å². The molecule has 0 spiro atoms. The molecule has 0 atom stereocenters. The molecule has 0 unspecified atom stereocenters. The van der Waals surface area contributed by atoms with Crippen molar-refractivity contribution in [2.45, 2.75) is 6.42 Å². The van der Waals surface area contributed by atoms with Crippen LogP contribution in [0.2, 0.25) is 0 Å². The lowest BCUT2D eigenvalue weighted by Gasteiger charge is -2.22. The van der Waals surface area contributed by atoms with Crippen molar-refractivity contribution in [1.82, 2.24) is 9.80 Å². The van der Waals surface area contributed by atoms with E-state index in [0.717, 1.165) is 0 Å². The first-order chi connectivity index (χ1) is 13.5. The predicted octanol–water partition coefficient (Wildman–Crippen LogP) is 1.81. The number of hydrogen-bond acceptors (Lipinski definition) is 6. The summed E-state index contributed by atoms with van der Waals surface area (Å²) in [7, 11) is 0. The second kappa shape index (κ2) is 7.30. The van der Waals surface area contributed by atoms with Gasteiger partial charge in [0, 0.05) is 43.4 Å². The molecule has 8 nitrogen and oxygen atoms in total. The van der Waals surface area contributed by atoms with Crippen molar-refractivity contribution in [3.8, 4) is 23.0 Å². The molecule has 2 aromatic rings. The van der Waals surface area contributed by atoms with Crippen molar-refractivity contribution in [1.29, 1.82) is 0 Å². The Morgan fingerprint density at radius 3 is 2.04 bits per heavy atom. The van der Waals surface area contributed by atoms with E-state index in [9.17, 15) is 19.8 Å². The summed E-state index contributed by atoms with van der Waals surface area (Å²) in [6, 6.07) is 8.92. The van der Waals surface area contributed by atoms with Crippen LogP contribution in [-0.2, 0) is 0 Å². The Morgan fingerprint density at radius 1 is 0.750 bits per heavy atom. The number of phenolic OH excluding ortho intramolecular Hbond substituents is 2. The lowest BCUT2D eigenvalue weighted by molar-refractivity contribution is 0.0718. The Labute approximate surface area is 161 Å². The monoisotopic (exact) mass is 384 g/mol. The van der Waals surface area contributed by atoms with Crippen molar-refractivity contribution in [2.75, 3.05) is 33.0 Å². The second-order valence-electron chi connectivity index (χ2n) is 6.74. The first-order valence-corrected chi connectivity index (χ1v) is 9.02. The highest BCUT2D eigenvalue weighted by atomic mass is 16.7. The molecular formula is C20H20N2O6. The topological polar surface area (TPSA) is 99.5 Å². The molecule has 2 aromatic carbocycles. The van der Waals surface area contributed by atoms with E-state index in [4.69, 9.17) is 9.47 Å². The van der Waals surface area contributed by atoms with Crippen molar-refractivity contribution in [3.63, 3.8) is 0 Å². The fourth-order valence-corrected chi connectivity index (χ4v) is 3.44. The number of rotatable bonds is 2. The number of phenols is 2. The number of nitrogens with zero attached hydrogens (tertiary/aromatic N) is 2. The molecule has 1 saturated heterocycles. The van der Waals surface area contributed by atoms with Crippen LogP contribution in [0, 0.1) is 0 Å². The summed E-state index contributed by atoms with van der Waals surface area (Å²) in [5.41, 5.74) is 0.731. The summed E-state index contributed by atoms with van der Waals surface area (Å²) in [6.45, 7) is 1.93. The normalized spacial score (nSPS) is 16.0. The minimum Gasteiger partial charge on any atom is -0.508 e. The van der Waals surface area contributed by atoms with Gasteiger partial charge in [-0.2, -0.15) is 0 Å². The van der Waals surface area contributed by atoms with Gasteiger partial charge < -0.3 is 29.5 Å². The molecule has 28 heavy (non-hydrogen) atoms. The Kier molecular flexibility index (Phi) is 4.68. The smallest absolute Gasteiger partial charge is 0.254 e. The first-order valence-electron chi connectivity index (χ1n) is 9.02. The van der Waals surface area contributed by atoms with Crippen LogP contribution in [0.5, 0.6) is 23.0 Å². The van der Waals surface area contributed by atoms with Crippen molar-refractivity contribution < 1.29 is 29.3 Å². The maximum absolute atomic E-state index is 12.8. The lowest BCUT2D eigenvalue weighted by Crippen LogP contribution is -2.37. The quantitative estimate of drug-likeness (QED) is 0.819. The molecule has 4 rings (SSSR count). The van der Waals surface area contributed by atoms with Crippen LogP contribution in [0.25, 0.3) is 0 Å². The highest BCUT2D eigenvalue weighted by Gasteiger charge is 2.25. The standard InChI is InChI=1S/C20H20N2O6/c23-15-8-14(9-16(24)11-15)20(26)22-5-1-4-21(6-7-22)19(25)13-2-3-17-18(10-13)28-12-27-17/h2-3,8-11,23-24H,1,4-7,12H2. The molecule has 2 amide bonds. The van der Waals surface area contributed by atoms with E-state index in [1.807, 2.05) is 0 Å². The molecule has 8 heteroatoms. The van der Waals surface area contributed by atoms with E-state index in [1.54, 1.807) is 28.0 Å². The zero-order chi connectivity index (χ0) is 19.7. The van der Waals surface area contributed by atoms with Gasteiger partial charge in [-0.25, -0.2) is 0 Å². The Balaban J connectivity index is 1.44. The number of carbonyl (C=O) groups excluding carboxylic acids is 2. The summed E-state index contributed by atoms with van der Waals surface area (Å²) in [6.07, 6.45) is 0.632. The van der Waals surface area contributed by atoms with Gasteiger partial charge in [-0.05, 0) is 36.8 Å². The molecule has 0 aliphatic carbocycles. The van der Waals surface area contributed by atoms with Crippen LogP contribution >= 0.6 is 0 Å². The molecular weight excluding hydrogens is 364 g/mol. The average molecular weight is 384 g/mol. The summed E-state index contributed by atoms with van der Waals surface area (Å²) >= 11 is 0. The average Bonchev–Trinajstić information content (AvgIpc) is 3.01. The minimum atomic E-state index is -0.288. The fraction of sp³-hybridized carbons (Fsp3) is 0.300. The van der Waals surface area contributed by atoms with Gasteiger partial charge in [-0.3, -0.25) is 9.59 Å². The van der Waals surface area contributed by atoms with E-state index < -0.39 is 0 Å². The fourth-order valence-electron chi connectivity index (χ4n) is 3.44. The van der Waals surface area contributed by atoms with E-state index in [2.05, 4.69) is 0 Å². The van der Waals surface area contributed by atoms with Gasteiger partial charge >= 0.3 is 0 Å². The summed E-state index contributed by atoms with van der Waals surface area (Å²) in [5.74, 6) is 0.432. The van der Waals surface area contributed by atoms with Crippen LogP contribution in [-0.4, -0.2) is 64.8 Å². The van der Waals surface area contributed by atoms with Crippen LogP contribution in [0.1, 0.15) is 27.1 Å². The van der Waals surface area contributed by atoms with Crippen molar-refractivity contribution in [3.05, 3.63) is 47.5 Å². The largest absolute Gasteiger partial charge is 0.508 e. The van der Waals surface area contributed by atoms with Crippen LogP contribution in [0.3, 0.4) is 0 Å². The van der Waals surface area contributed by atoms with Gasteiger partial charge in [0.25, 0.3) is 11.8 Å². The SMILES string of the molecule is O=C(c1cc(O)cc(O)c1)N1CCCN(C(=O)c2ccc3c(c2)OCO3)CC1. The minimum absolute atomic E-state index is 0.123. The molecule has 2 aliphatic rings. The molecule has 0 radical (unpaired) electrons. The van der Waals surface area contributed by atoms with Gasteiger partial charge in [0.15, 0.2) is 11.5 Å². The van der Waals surface area contributed by atoms with E-state index in [0.29, 0.717) is 49.7 Å². The number of benzene rings is 2. The van der Waals surface area contributed by atoms with Crippen molar-refractivity contribution >= 4 is 11.8 Å². The van der Waals surface area contributed by atoms with E-state index in [-0.39, 0.29) is 35.7 Å². The van der Waals surface area contributed by atoms with Gasteiger partial charge in [0.2, 0.25) is 6.79 Å². The molecule has 2 aliphatic heterocycles. The van der Waals surface area contributed by atoms with Gasteiger partial charge in [-0.1, -0.05) is 0 Å². The summed E-state index contributed by atoms with van der Waals surface area (Å²) < 4.78 is 10.6. The summed E-state index contributed by atoms with van der Waals surface area (Å²) in [4.78, 5) is 28.9. The predicted molar refractivity (Wildman–Crippen MR) is 98.8 cm³/mol. The number of aromatic hydroxyl groups is 2. The second-order valence-corrected chi connectivity index (χ2v) is 6.74. The van der Waals surface area contributed by atoms with E-state index in [1.165, 1.54) is 18.2 Å². The zero-order valence-corrected chi connectivity index (χ0v) is 15.1. The van der Waals surface area contributed by atoms with E-state index >= 15 is 0 Å². The lowest BCUT2D eigenvalue weighted by atomic mass is 10.1. The van der Waals surface area contributed by atoms with Crippen LogP contribution < -0.4 is 9.47 Å². The molecule has 0 bridgehead atoms. The Bertz CT molecular complexity index is 909. The highest BCUT2D eigenvalue weighted by molar-refractivity contribution is 5.96. The molecule has 146 valence electrons. The Hall–Kier alpha value is -3.42. The molecule has 0 saturated carbocycles. The highest BCUT2D eigenvalue weighted by Crippen LogP contribution is 2.33. The maximum Gasteiger partial charge on any atom is 0.254 e. The molecule has 2 heterocycles. The van der Waals surface area contributed by atoms with Crippen LogP contribution in [0.4, 0.5) is 0 Å². The summed E-state index contributed by atoms with van der Waals surface area (Å²) in [5, 5.41) is 19.2. The van der Waals surface area contributed by atoms with Gasteiger partial charge in [0.05, 0.1) is 0 Å². The number of hydrogen-bond donors (Lipinski definition) is 2.